The molecule has 0 spiro atoms. The number of amides is 2. The van der Waals surface area contributed by atoms with Crippen molar-refractivity contribution in [1.82, 2.24) is 14.7 Å². The van der Waals surface area contributed by atoms with Gasteiger partial charge in [-0.25, -0.2) is 4.79 Å². The summed E-state index contributed by atoms with van der Waals surface area (Å²) in [5.74, 6) is -1.49. The predicted octanol–water partition coefficient (Wildman–Crippen LogP) is 2.38. The molecule has 2 aromatic heterocycles. The Morgan fingerprint density at radius 1 is 1.33 bits per heavy atom. The van der Waals surface area contributed by atoms with Gasteiger partial charge in [0, 0.05) is 14.1 Å². The van der Waals surface area contributed by atoms with Gasteiger partial charge in [-0.2, -0.15) is 5.10 Å². The number of ether oxygens (including phenoxy) is 1. The van der Waals surface area contributed by atoms with Gasteiger partial charge in [-0.05, 0) is 25.8 Å². The van der Waals surface area contributed by atoms with Crippen molar-refractivity contribution in [3.8, 4) is 0 Å². The number of hydrogen-bond acceptors (Lipinski definition) is 8. The van der Waals surface area contributed by atoms with Crippen LogP contribution < -0.4 is 5.32 Å². The van der Waals surface area contributed by atoms with Crippen LogP contribution in [0.15, 0.2) is 6.20 Å². The molecule has 0 aliphatic heterocycles. The molecule has 30 heavy (non-hydrogen) atoms. The zero-order valence-electron chi connectivity index (χ0n) is 17.3. The number of esters is 1. The van der Waals surface area contributed by atoms with Crippen molar-refractivity contribution in [3.05, 3.63) is 38.0 Å². The van der Waals surface area contributed by atoms with Crippen molar-refractivity contribution in [3.63, 3.8) is 0 Å². The molecule has 162 valence electrons. The molecular formula is C18H23N5O6S. The van der Waals surface area contributed by atoms with E-state index in [1.54, 1.807) is 21.0 Å². The van der Waals surface area contributed by atoms with Crippen LogP contribution in [0.5, 0.6) is 0 Å². The van der Waals surface area contributed by atoms with Crippen LogP contribution in [0, 0.1) is 24.0 Å². The highest BCUT2D eigenvalue weighted by molar-refractivity contribution is 7.18. The molecule has 0 radical (unpaired) electrons. The lowest BCUT2D eigenvalue weighted by Gasteiger charge is -2.09. The molecule has 0 saturated carbocycles. The molecule has 2 rings (SSSR count). The molecule has 2 heterocycles. The molecule has 12 heteroatoms. The van der Waals surface area contributed by atoms with Gasteiger partial charge in [0.15, 0.2) is 0 Å². The topological polar surface area (TPSA) is 137 Å². The van der Waals surface area contributed by atoms with Crippen molar-refractivity contribution in [2.75, 3.05) is 26.0 Å². The van der Waals surface area contributed by atoms with E-state index < -0.39 is 16.8 Å². The number of thiophene rings is 1. The van der Waals surface area contributed by atoms with Crippen LogP contribution in [0.4, 0.5) is 10.7 Å². The molecule has 11 nitrogen and oxygen atoms in total. The molecule has 0 bridgehead atoms. The van der Waals surface area contributed by atoms with Crippen LogP contribution in [-0.2, 0) is 16.1 Å². The van der Waals surface area contributed by atoms with E-state index in [-0.39, 0.29) is 41.0 Å². The summed E-state index contributed by atoms with van der Waals surface area (Å²) in [5, 5.41) is 17.6. The smallest absolute Gasteiger partial charge is 0.341 e. The Morgan fingerprint density at radius 3 is 2.53 bits per heavy atom. The van der Waals surface area contributed by atoms with Crippen LogP contribution in [0.25, 0.3) is 0 Å². The van der Waals surface area contributed by atoms with Crippen LogP contribution in [0.1, 0.15) is 44.6 Å². The maximum atomic E-state index is 12.5. The largest absolute Gasteiger partial charge is 0.462 e. The van der Waals surface area contributed by atoms with Crippen LogP contribution in [0.3, 0.4) is 0 Å². The Bertz CT molecular complexity index is 994. The quantitative estimate of drug-likeness (QED) is 0.380. The van der Waals surface area contributed by atoms with Gasteiger partial charge in [-0.1, -0.05) is 6.92 Å². The Hall–Kier alpha value is -3.28. The number of nitrogens with one attached hydrogen (secondary N) is 1. The Balaban J connectivity index is 2.33. The molecule has 0 saturated heterocycles. The van der Waals surface area contributed by atoms with Crippen molar-refractivity contribution < 1.29 is 24.0 Å². The summed E-state index contributed by atoms with van der Waals surface area (Å²) >= 11 is 0.976. The zero-order chi connectivity index (χ0) is 22.6. The van der Waals surface area contributed by atoms with Gasteiger partial charge in [0.05, 0.1) is 22.0 Å². The van der Waals surface area contributed by atoms with Gasteiger partial charge >= 0.3 is 11.7 Å². The summed E-state index contributed by atoms with van der Waals surface area (Å²) in [6, 6.07) is 0. The fourth-order valence-electron chi connectivity index (χ4n) is 2.60. The Labute approximate surface area is 176 Å². The number of carbonyl (C=O) groups excluding carboxylic acids is 3. The van der Waals surface area contributed by atoms with E-state index in [1.807, 2.05) is 6.92 Å². The highest BCUT2D eigenvalue weighted by Crippen LogP contribution is 2.34. The predicted molar refractivity (Wildman–Crippen MR) is 110 cm³/mol. The summed E-state index contributed by atoms with van der Waals surface area (Å²) in [4.78, 5) is 49.6. The van der Waals surface area contributed by atoms with Gasteiger partial charge in [-0.3, -0.25) is 24.4 Å². The highest BCUT2D eigenvalue weighted by atomic mass is 32.1. The fraction of sp³-hybridized carbons (Fsp3) is 0.444. The number of nitro groups is 1. The monoisotopic (exact) mass is 437 g/mol. The van der Waals surface area contributed by atoms with Crippen LogP contribution >= 0.6 is 11.3 Å². The first-order valence-corrected chi connectivity index (χ1v) is 9.88. The molecular weight excluding hydrogens is 414 g/mol. The lowest BCUT2D eigenvalue weighted by molar-refractivity contribution is -0.385. The van der Waals surface area contributed by atoms with E-state index in [9.17, 15) is 24.5 Å². The van der Waals surface area contributed by atoms with Gasteiger partial charge in [0.25, 0.3) is 5.91 Å². The maximum absolute atomic E-state index is 12.5. The third-order valence-corrected chi connectivity index (χ3v) is 5.40. The number of aromatic nitrogens is 2. The minimum Gasteiger partial charge on any atom is -0.462 e. The lowest BCUT2D eigenvalue weighted by Crippen LogP contribution is -2.21. The lowest BCUT2D eigenvalue weighted by atomic mass is 10.1. The number of hydrogen-bond donors (Lipinski definition) is 1. The molecule has 0 unspecified atom stereocenters. The van der Waals surface area contributed by atoms with E-state index in [0.717, 1.165) is 17.5 Å². The molecule has 0 aromatic carbocycles. The molecule has 1 N–H and O–H groups in total. The second kappa shape index (κ2) is 9.48. The van der Waals surface area contributed by atoms with Crippen molar-refractivity contribution >= 4 is 39.8 Å². The SMILES string of the molecule is CCCOC(=O)c1c(NC(=O)Cn2ncc([N+](=O)[O-])c2C)sc(C(=O)N(C)C)c1C. The first-order chi connectivity index (χ1) is 14.1. The average molecular weight is 437 g/mol. The summed E-state index contributed by atoms with van der Waals surface area (Å²) in [5.41, 5.74) is 0.567. The Kier molecular flexibility index (Phi) is 7.27. The van der Waals surface area contributed by atoms with Gasteiger partial charge in [0.2, 0.25) is 5.91 Å². The van der Waals surface area contributed by atoms with Crippen LogP contribution in [0.2, 0.25) is 0 Å². The van der Waals surface area contributed by atoms with Crippen molar-refractivity contribution in [2.24, 2.45) is 0 Å². The number of anilines is 1. The minimum atomic E-state index is -0.635. The van der Waals surface area contributed by atoms with E-state index in [2.05, 4.69) is 10.4 Å². The second-order valence-electron chi connectivity index (χ2n) is 6.67. The molecule has 2 aromatic rings. The number of rotatable bonds is 8. The summed E-state index contributed by atoms with van der Waals surface area (Å²) in [7, 11) is 3.17. The number of nitrogens with zero attached hydrogens (tertiary/aromatic N) is 4. The Morgan fingerprint density at radius 2 is 2.00 bits per heavy atom. The zero-order valence-corrected chi connectivity index (χ0v) is 18.2. The normalized spacial score (nSPS) is 10.6. The molecule has 0 aliphatic carbocycles. The maximum Gasteiger partial charge on any atom is 0.341 e. The van der Waals surface area contributed by atoms with E-state index in [0.29, 0.717) is 16.9 Å². The third-order valence-electron chi connectivity index (χ3n) is 4.21. The van der Waals surface area contributed by atoms with Gasteiger partial charge < -0.3 is 15.0 Å². The highest BCUT2D eigenvalue weighted by Gasteiger charge is 2.28. The molecule has 2 amide bonds. The second-order valence-corrected chi connectivity index (χ2v) is 7.69. The number of carbonyl (C=O) groups is 3. The van der Waals surface area contributed by atoms with Crippen LogP contribution in [-0.4, -0.2) is 58.1 Å². The molecule has 0 fully saturated rings. The first kappa shape index (κ1) is 23.0. The molecule has 0 atom stereocenters. The standard InChI is InChI=1S/C18H23N5O6S/c1-6-7-29-18(26)14-10(2)15(17(25)21(4)5)30-16(14)20-13(24)9-22-11(3)12(8-19-22)23(27)28/h8H,6-7,9H2,1-5H3,(H,20,24). The molecule has 0 aliphatic rings. The summed E-state index contributed by atoms with van der Waals surface area (Å²) in [6.07, 6.45) is 1.69. The fourth-order valence-corrected chi connectivity index (χ4v) is 3.83. The van der Waals surface area contributed by atoms with Crippen molar-refractivity contribution in [1.29, 1.82) is 0 Å². The average Bonchev–Trinajstić information content (AvgIpc) is 3.19. The third kappa shape index (κ3) is 4.82. The van der Waals surface area contributed by atoms with E-state index >= 15 is 0 Å². The summed E-state index contributed by atoms with van der Waals surface area (Å²) in [6.45, 7) is 4.86. The van der Waals surface area contributed by atoms with Gasteiger partial charge in [0.1, 0.15) is 23.4 Å². The van der Waals surface area contributed by atoms with E-state index in [1.165, 1.54) is 16.5 Å². The van der Waals surface area contributed by atoms with Gasteiger partial charge in [-0.15, -0.1) is 11.3 Å². The van der Waals surface area contributed by atoms with E-state index in [4.69, 9.17) is 4.74 Å². The van der Waals surface area contributed by atoms with Crippen molar-refractivity contribution in [2.45, 2.75) is 33.7 Å². The first-order valence-electron chi connectivity index (χ1n) is 9.07. The summed E-state index contributed by atoms with van der Waals surface area (Å²) < 4.78 is 6.39. The minimum absolute atomic E-state index is 0.121.